The number of hydrogen-bond donors (Lipinski definition) is 0. The average molecular weight is 449 g/mol. The highest BCUT2D eigenvalue weighted by molar-refractivity contribution is 7.91. The fraction of sp³-hybridized carbons (Fsp3) is 0.682. The summed E-state index contributed by atoms with van der Waals surface area (Å²) in [6.45, 7) is 5.37. The quantitative estimate of drug-likeness (QED) is 0.612. The van der Waals surface area contributed by atoms with Crippen LogP contribution in [0.5, 0.6) is 0 Å². The van der Waals surface area contributed by atoms with E-state index in [2.05, 4.69) is 15.0 Å². The molecule has 2 fully saturated rings. The van der Waals surface area contributed by atoms with Gasteiger partial charge >= 0.3 is 0 Å². The van der Waals surface area contributed by atoms with E-state index in [-0.39, 0.29) is 29.4 Å². The van der Waals surface area contributed by atoms with Gasteiger partial charge in [-0.15, -0.1) is 0 Å². The zero-order chi connectivity index (χ0) is 22.3. The maximum Gasteiger partial charge on any atom is 0.259 e. The maximum atomic E-state index is 13.9. The highest BCUT2D eigenvalue weighted by Gasteiger charge is 2.37. The van der Waals surface area contributed by atoms with Crippen LogP contribution in [-0.4, -0.2) is 79.0 Å². The zero-order valence-corrected chi connectivity index (χ0v) is 19.6. The molecule has 1 saturated carbocycles. The van der Waals surface area contributed by atoms with E-state index in [9.17, 15) is 13.2 Å². The van der Waals surface area contributed by atoms with Crippen LogP contribution in [0.15, 0.2) is 10.6 Å². The summed E-state index contributed by atoms with van der Waals surface area (Å²) in [5.41, 5.74) is 2.55. The molecule has 31 heavy (non-hydrogen) atoms. The van der Waals surface area contributed by atoms with E-state index >= 15 is 0 Å². The van der Waals surface area contributed by atoms with E-state index in [1.807, 2.05) is 34.0 Å². The third-order valence-corrected chi connectivity index (χ3v) is 7.93. The lowest BCUT2D eigenvalue weighted by atomic mass is 10.0. The number of aromatic nitrogens is 2. The lowest BCUT2D eigenvalue weighted by molar-refractivity contribution is 0.0692. The van der Waals surface area contributed by atoms with Crippen LogP contribution in [0, 0.1) is 0 Å². The van der Waals surface area contributed by atoms with Crippen molar-refractivity contribution in [2.45, 2.75) is 57.4 Å². The molecule has 2 aliphatic rings. The zero-order valence-electron chi connectivity index (χ0n) is 18.8. The van der Waals surface area contributed by atoms with Crippen molar-refractivity contribution in [3.63, 3.8) is 0 Å². The highest BCUT2D eigenvalue weighted by Crippen LogP contribution is 2.41. The second kappa shape index (κ2) is 8.50. The van der Waals surface area contributed by atoms with E-state index in [1.165, 1.54) is 0 Å². The van der Waals surface area contributed by atoms with Gasteiger partial charge in [-0.25, -0.2) is 13.4 Å². The van der Waals surface area contributed by atoms with Crippen molar-refractivity contribution in [1.29, 1.82) is 0 Å². The van der Waals surface area contributed by atoms with E-state index < -0.39 is 9.84 Å². The van der Waals surface area contributed by atoms with Crippen LogP contribution in [0.25, 0.3) is 11.1 Å². The number of sulfone groups is 1. The summed E-state index contributed by atoms with van der Waals surface area (Å²) in [6, 6.07) is 1.60. The van der Waals surface area contributed by atoms with E-state index in [0.717, 1.165) is 37.2 Å². The van der Waals surface area contributed by atoms with Gasteiger partial charge in [-0.1, -0.05) is 19.0 Å². The molecule has 8 nitrogen and oxygen atoms in total. The highest BCUT2D eigenvalue weighted by atomic mass is 32.2. The molecule has 1 amide bonds. The van der Waals surface area contributed by atoms with Gasteiger partial charge in [0.1, 0.15) is 0 Å². The molecule has 0 N–H and O–H groups in total. The number of hydrogen-bond acceptors (Lipinski definition) is 7. The van der Waals surface area contributed by atoms with Gasteiger partial charge in [0, 0.05) is 24.2 Å². The number of pyridine rings is 1. The third kappa shape index (κ3) is 4.77. The number of rotatable bonds is 8. The molecule has 3 heterocycles. The summed E-state index contributed by atoms with van der Waals surface area (Å²) >= 11 is 0. The first-order chi connectivity index (χ1) is 14.7. The maximum absolute atomic E-state index is 13.9. The smallest absolute Gasteiger partial charge is 0.259 e. The standard InChI is InChI=1S/C22H32N4O4S/c1-14(2)20-19-17(12-18(15-6-7-15)23-21(19)30-24-20)22(27)26(10-5-9-25(3)4)16-8-11-31(28,29)13-16/h12,14-16H,5-11,13H2,1-4H3. The van der Waals surface area contributed by atoms with Gasteiger partial charge in [-0.3, -0.25) is 4.79 Å². The second-order valence-electron chi connectivity index (χ2n) is 9.48. The number of nitrogens with zero attached hydrogens (tertiary/aromatic N) is 4. The first kappa shape index (κ1) is 22.2. The molecular weight excluding hydrogens is 416 g/mol. The lowest BCUT2D eigenvalue weighted by Crippen LogP contribution is -2.42. The van der Waals surface area contributed by atoms with E-state index in [0.29, 0.717) is 35.5 Å². The fourth-order valence-corrected chi connectivity index (χ4v) is 6.06. The molecule has 1 aliphatic carbocycles. The van der Waals surface area contributed by atoms with Crippen molar-refractivity contribution in [2.24, 2.45) is 0 Å². The summed E-state index contributed by atoms with van der Waals surface area (Å²) in [5.74, 6) is 0.470. The Kier molecular flexibility index (Phi) is 6.09. The molecule has 0 spiro atoms. The Labute approximate surface area is 183 Å². The molecule has 2 aromatic heterocycles. The summed E-state index contributed by atoms with van der Waals surface area (Å²) in [5, 5.41) is 4.88. The minimum Gasteiger partial charge on any atom is -0.335 e. The second-order valence-corrected chi connectivity index (χ2v) is 11.7. The molecule has 0 bridgehead atoms. The lowest BCUT2D eigenvalue weighted by Gasteiger charge is -2.29. The van der Waals surface area contributed by atoms with Crippen LogP contribution in [0.1, 0.15) is 73.1 Å². The summed E-state index contributed by atoms with van der Waals surface area (Å²) in [7, 11) is 0.875. The Morgan fingerprint density at radius 2 is 1.97 bits per heavy atom. The molecule has 4 rings (SSSR count). The predicted molar refractivity (Wildman–Crippen MR) is 119 cm³/mol. The SMILES string of the molecule is CC(C)c1noc2nc(C3CC3)cc(C(=O)N(CCCN(C)C)C3CCS(=O)(=O)C3)c12. The minimum absolute atomic E-state index is 0.0328. The summed E-state index contributed by atoms with van der Waals surface area (Å²) in [4.78, 5) is 22.4. The van der Waals surface area contributed by atoms with Gasteiger partial charge < -0.3 is 14.3 Å². The Balaban J connectivity index is 1.75. The largest absolute Gasteiger partial charge is 0.335 e. The van der Waals surface area contributed by atoms with Crippen LogP contribution >= 0.6 is 0 Å². The van der Waals surface area contributed by atoms with Crippen molar-refractivity contribution in [2.75, 3.05) is 38.7 Å². The summed E-state index contributed by atoms with van der Waals surface area (Å²) < 4.78 is 29.9. The normalized spacial score (nSPS) is 20.8. The van der Waals surface area contributed by atoms with E-state index in [4.69, 9.17) is 4.52 Å². The Hall–Kier alpha value is -2.00. The molecule has 0 radical (unpaired) electrons. The van der Waals surface area contributed by atoms with Crippen LogP contribution in [0.4, 0.5) is 0 Å². The first-order valence-corrected chi connectivity index (χ1v) is 12.9. The molecule has 1 saturated heterocycles. The number of fused-ring (bicyclic) bond motifs is 1. The predicted octanol–water partition coefficient (Wildman–Crippen LogP) is 2.80. The Morgan fingerprint density at radius 3 is 2.55 bits per heavy atom. The van der Waals surface area contributed by atoms with Crippen molar-refractivity contribution >= 4 is 26.8 Å². The molecule has 2 aromatic rings. The average Bonchev–Trinajstić information content (AvgIpc) is 3.36. The van der Waals surface area contributed by atoms with Gasteiger partial charge in [0.25, 0.3) is 11.6 Å². The van der Waals surface area contributed by atoms with Gasteiger partial charge in [0.2, 0.25) is 0 Å². The molecule has 1 aliphatic heterocycles. The third-order valence-electron chi connectivity index (χ3n) is 6.18. The van der Waals surface area contributed by atoms with Gasteiger partial charge in [0.15, 0.2) is 9.84 Å². The monoisotopic (exact) mass is 448 g/mol. The fourth-order valence-electron chi connectivity index (χ4n) is 4.33. The Morgan fingerprint density at radius 1 is 1.23 bits per heavy atom. The van der Waals surface area contributed by atoms with Gasteiger partial charge in [0.05, 0.1) is 28.1 Å². The molecule has 9 heteroatoms. The van der Waals surface area contributed by atoms with Crippen molar-refractivity contribution in [1.82, 2.24) is 19.9 Å². The molecule has 170 valence electrons. The van der Waals surface area contributed by atoms with Crippen LogP contribution < -0.4 is 0 Å². The topological polar surface area (TPSA) is 96.6 Å². The van der Waals surface area contributed by atoms with Crippen molar-refractivity contribution in [3.8, 4) is 0 Å². The number of carbonyl (C=O) groups excluding carboxylic acids is 1. The minimum atomic E-state index is -3.11. The summed E-state index contributed by atoms with van der Waals surface area (Å²) in [6.07, 6.45) is 3.38. The Bertz CT molecular complexity index is 1070. The van der Waals surface area contributed by atoms with Crippen LogP contribution in [-0.2, 0) is 9.84 Å². The van der Waals surface area contributed by atoms with Crippen molar-refractivity contribution in [3.05, 3.63) is 23.0 Å². The molecular formula is C22H32N4O4S. The molecule has 1 unspecified atom stereocenters. The van der Waals surface area contributed by atoms with Crippen LogP contribution in [0.2, 0.25) is 0 Å². The number of carbonyl (C=O) groups is 1. The molecule has 0 aromatic carbocycles. The van der Waals surface area contributed by atoms with Gasteiger partial charge in [-0.2, -0.15) is 0 Å². The van der Waals surface area contributed by atoms with Crippen molar-refractivity contribution < 1.29 is 17.7 Å². The number of amides is 1. The van der Waals surface area contributed by atoms with E-state index in [1.54, 1.807) is 4.90 Å². The molecule has 1 atom stereocenters. The van der Waals surface area contributed by atoms with Crippen LogP contribution in [0.3, 0.4) is 0 Å². The first-order valence-electron chi connectivity index (χ1n) is 11.1. The van der Waals surface area contributed by atoms with Gasteiger partial charge in [-0.05, 0) is 58.3 Å².